The minimum absolute atomic E-state index is 0.0485. The fourth-order valence-corrected chi connectivity index (χ4v) is 2.95. The molecule has 112 valence electrons. The van der Waals surface area contributed by atoms with Crippen LogP contribution >= 0.6 is 0 Å². The minimum Gasteiger partial charge on any atom is -0.463 e. The largest absolute Gasteiger partial charge is 0.463 e. The van der Waals surface area contributed by atoms with Crippen molar-refractivity contribution >= 4 is 11.9 Å². The van der Waals surface area contributed by atoms with Crippen molar-refractivity contribution in [3.8, 4) is 0 Å². The van der Waals surface area contributed by atoms with E-state index in [1.165, 1.54) is 12.8 Å². The van der Waals surface area contributed by atoms with Crippen molar-refractivity contribution in [2.75, 3.05) is 26.3 Å². The third-order valence-corrected chi connectivity index (χ3v) is 4.41. The van der Waals surface area contributed by atoms with Crippen LogP contribution in [0.15, 0.2) is 0 Å². The van der Waals surface area contributed by atoms with E-state index in [2.05, 4.69) is 0 Å². The molecule has 0 N–H and O–H groups in total. The Kier molecular flexibility index (Phi) is 4.24. The first-order valence-corrected chi connectivity index (χ1v) is 7.78. The predicted molar refractivity (Wildman–Crippen MR) is 72.0 cm³/mol. The lowest BCUT2D eigenvalue weighted by Crippen LogP contribution is -2.30. The maximum Gasteiger partial charge on any atom is 0.311 e. The smallest absolute Gasteiger partial charge is 0.311 e. The van der Waals surface area contributed by atoms with Gasteiger partial charge in [0.1, 0.15) is 6.61 Å². The van der Waals surface area contributed by atoms with Gasteiger partial charge in [0.25, 0.3) is 0 Å². The van der Waals surface area contributed by atoms with Crippen LogP contribution in [0.5, 0.6) is 0 Å². The van der Waals surface area contributed by atoms with E-state index in [1.54, 1.807) is 0 Å². The zero-order chi connectivity index (χ0) is 13.9. The summed E-state index contributed by atoms with van der Waals surface area (Å²) in [6.07, 6.45) is 6.00. The highest BCUT2D eigenvalue weighted by molar-refractivity contribution is 5.86. The maximum atomic E-state index is 12.0. The molecular weight excluding hydrogens is 258 g/mol. The van der Waals surface area contributed by atoms with Crippen LogP contribution in [0.25, 0.3) is 0 Å². The second-order valence-electron chi connectivity index (χ2n) is 6.26. The van der Waals surface area contributed by atoms with E-state index in [1.807, 2.05) is 4.90 Å². The highest BCUT2D eigenvalue weighted by atomic mass is 16.6. The van der Waals surface area contributed by atoms with Gasteiger partial charge in [0, 0.05) is 26.1 Å². The number of hydrogen-bond donors (Lipinski definition) is 0. The average Bonchev–Trinajstić information content (AvgIpc) is 3.21. The Morgan fingerprint density at radius 3 is 2.85 bits per heavy atom. The number of amides is 1. The molecule has 0 spiro atoms. The van der Waals surface area contributed by atoms with Gasteiger partial charge in [0.2, 0.25) is 5.91 Å². The van der Waals surface area contributed by atoms with Crippen LogP contribution in [-0.4, -0.2) is 49.2 Å². The lowest BCUT2D eigenvalue weighted by molar-refractivity contribution is -0.153. The monoisotopic (exact) mass is 281 g/mol. The number of carbonyl (C=O) groups excluding carboxylic acids is 2. The Labute approximate surface area is 119 Å². The number of hydrogen-bond acceptors (Lipinski definition) is 4. The Hall–Kier alpha value is -1.10. The van der Waals surface area contributed by atoms with Crippen molar-refractivity contribution in [1.29, 1.82) is 0 Å². The first-order valence-electron chi connectivity index (χ1n) is 7.78. The van der Waals surface area contributed by atoms with E-state index in [4.69, 9.17) is 9.47 Å². The van der Waals surface area contributed by atoms with E-state index in [0.717, 1.165) is 32.4 Å². The molecule has 0 aromatic heterocycles. The third-order valence-electron chi connectivity index (χ3n) is 4.41. The Bertz CT molecular complexity index is 374. The molecule has 1 saturated carbocycles. The molecule has 0 aromatic rings. The number of ether oxygens (including phenoxy) is 2. The highest BCUT2D eigenvalue weighted by Gasteiger charge is 2.38. The molecule has 2 saturated heterocycles. The molecule has 3 fully saturated rings. The van der Waals surface area contributed by atoms with E-state index < -0.39 is 0 Å². The molecule has 0 aromatic carbocycles. The summed E-state index contributed by atoms with van der Waals surface area (Å²) in [4.78, 5) is 25.7. The van der Waals surface area contributed by atoms with Crippen LogP contribution in [0.3, 0.4) is 0 Å². The first-order chi connectivity index (χ1) is 9.72. The molecule has 5 heteroatoms. The third kappa shape index (κ3) is 3.51. The summed E-state index contributed by atoms with van der Waals surface area (Å²) < 4.78 is 10.9. The van der Waals surface area contributed by atoms with Gasteiger partial charge < -0.3 is 14.4 Å². The fourth-order valence-electron chi connectivity index (χ4n) is 2.95. The van der Waals surface area contributed by atoms with Crippen molar-refractivity contribution in [2.24, 2.45) is 11.8 Å². The zero-order valence-corrected chi connectivity index (χ0v) is 11.9. The number of esters is 1. The average molecular weight is 281 g/mol. The molecule has 1 amide bonds. The van der Waals surface area contributed by atoms with E-state index in [9.17, 15) is 9.59 Å². The van der Waals surface area contributed by atoms with E-state index >= 15 is 0 Å². The van der Waals surface area contributed by atoms with Gasteiger partial charge in [-0.3, -0.25) is 9.59 Å². The van der Waals surface area contributed by atoms with Crippen LogP contribution < -0.4 is 0 Å². The summed E-state index contributed by atoms with van der Waals surface area (Å²) in [5.74, 6) is 0.271. The number of rotatable bonds is 5. The number of likely N-dealkylation sites (tertiary alicyclic amines) is 1. The molecule has 0 unspecified atom stereocenters. The van der Waals surface area contributed by atoms with Crippen LogP contribution in [-0.2, 0) is 19.1 Å². The van der Waals surface area contributed by atoms with Crippen LogP contribution in [0.4, 0.5) is 0 Å². The van der Waals surface area contributed by atoms with Crippen LogP contribution in [0, 0.1) is 11.8 Å². The van der Waals surface area contributed by atoms with Crippen LogP contribution in [0.2, 0.25) is 0 Å². The molecule has 0 radical (unpaired) electrons. The van der Waals surface area contributed by atoms with Gasteiger partial charge in [0.15, 0.2) is 0 Å². The van der Waals surface area contributed by atoms with Crippen molar-refractivity contribution in [3.63, 3.8) is 0 Å². The first kappa shape index (κ1) is 13.9. The molecule has 2 heterocycles. The van der Waals surface area contributed by atoms with Gasteiger partial charge in [-0.05, 0) is 38.0 Å². The van der Waals surface area contributed by atoms with Gasteiger partial charge in [0.05, 0.1) is 12.0 Å². The fraction of sp³-hybridized carbons (Fsp3) is 0.867. The molecule has 2 atom stereocenters. The van der Waals surface area contributed by atoms with Crippen molar-refractivity contribution in [1.82, 2.24) is 4.90 Å². The maximum absolute atomic E-state index is 12.0. The Morgan fingerprint density at radius 1 is 1.30 bits per heavy atom. The second kappa shape index (κ2) is 6.12. The summed E-state index contributed by atoms with van der Waals surface area (Å²) in [6, 6.07) is 0. The molecule has 5 nitrogen and oxygen atoms in total. The minimum atomic E-state index is -0.273. The quantitative estimate of drug-likeness (QED) is 0.714. The molecule has 0 bridgehead atoms. The van der Waals surface area contributed by atoms with Gasteiger partial charge in [-0.15, -0.1) is 0 Å². The summed E-state index contributed by atoms with van der Waals surface area (Å²) in [5.41, 5.74) is 0. The lowest BCUT2D eigenvalue weighted by Gasteiger charge is -2.22. The van der Waals surface area contributed by atoms with E-state index in [0.29, 0.717) is 25.5 Å². The van der Waals surface area contributed by atoms with Gasteiger partial charge in [-0.25, -0.2) is 0 Å². The van der Waals surface area contributed by atoms with E-state index in [-0.39, 0.29) is 23.9 Å². The number of carbonyl (C=O) groups is 2. The van der Waals surface area contributed by atoms with Crippen molar-refractivity contribution in [3.05, 3.63) is 0 Å². The van der Waals surface area contributed by atoms with Crippen molar-refractivity contribution < 1.29 is 19.1 Å². The van der Waals surface area contributed by atoms with Gasteiger partial charge >= 0.3 is 5.97 Å². The highest BCUT2D eigenvalue weighted by Crippen LogP contribution is 2.32. The summed E-state index contributed by atoms with van der Waals surface area (Å²) >= 11 is 0. The summed E-state index contributed by atoms with van der Waals surface area (Å²) in [6.45, 7) is 2.47. The Balaban J connectivity index is 1.41. The SMILES string of the molecule is O=C(OC[C@@H]1CCCCO1)[C@@H]1CC(=O)N(CC2CC2)C1. The molecule has 3 rings (SSSR count). The molecule has 3 aliphatic rings. The molecule has 1 aliphatic carbocycles. The molecule has 2 aliphatic heterocycles. The Morgan fingerprint density at radius 2 is 2.15 bits per heavy atom. The standard InChI is InChI=1S/C15H23NO4/c17-14-7-12(9-16(14)8-11-4-5-11)15(18)20-10-13-3-1-2-6-19-13/h11-13H,1-10H2/t12-,13+/m1/s1. The van der Waals surface area contributed by atoms with Crippen LogP contribution in [0.1, 0.15) is 38.5 Å². The van der Waals surface area contributed by atoms with Gasteiger partial charge in [-0.2, -0.15) is 0 Å². The second-order valence-corrected chi connectivity index (χ2v) is 6.26. The lowest BCUT2D eigenvalue weighted by atomic mass is 10.1. The number of nitrogens with zero attached hydrogens (tertiary/aromatic N) is 1. The summed E-state index contributed by atoms with van der Waals surface area (Å²) in [7, 11) is 0. The zero-order valence-electron chi connectivity index (χ0n) is 11.9. The van der Waals surface area contributed by atoms with Crippen molar-refractivity contribution in [2.45, 2.75) is 44.6 Å². The predicted octanol–water partition coefficient (Wildman–Crippen LogP) is 1.36. The topological polar surface area (TPSA) is 55.8 Å². The molecular formula is C15H23NO4. The summed E-state index contributed by atoms with van der Waals surface area (Å²) in [5, 5.41) is 0. The van der Waals surface area contributed by atoms with Gasteiger partial charge in [-0.1, -0.05) is 0 Å². The normalized spacial score (nSPS) is 30.6. The molecule has 20 heavy (non-hydrogen) atoms.